The van der Waals surface area contributed by atoms with E-state index in [1.54, 1.807) is 0 Å². The van der Waals surface area contributed by atoms with Gasteiger partial charge in [-0.3, -0.25) is 9.45 Å². The van der Waals surface area contributed by atoms with E-state index in [1.165, 1.54) is 0 Å². The molecule has 5 nitrogen and oxygen atoms in total. The van der Waals surface area contributed by atoms with Gasteiger partial charge in [0.1, 0.15) is 0 Å². The van der Waals surface area contributed by atoms with Gasteiger partial charge in [-0.05, 0) is 14.1 Å². The van der Waals surface area contributed by atoms with Crippen LogP contribution in [0.3, 0.4) is 0 Å². The zero-order valence-electron chi connectivity index (χ0n) is 7.41. The van der Waals surface area contributed by atoms with Crippen LogP contribution in [-0.2, 0) is 10.1 Å². The molecular formula is C5H9F3N2O3S. The Bertz CT molecular complexity index is 290. The summed E-state index contributed by atoms with van der Waals surface area (Å²) >= 11 is 0. The largest absolute Gasteiger partial charge is 0.522 e. The average Bonchev–Trinajstić information content (AvgIpc) is 1.82. The summed E-state index contributed by atoms with van der Waals surface area (Å²) in [7, 11) is -2.11. The lowest BCUT2D eigenvalue weighted by atomic mass is 10.7. The lowest BCUT2D eigenvalue weighted by Gasteiger charge is -1.97. The zero-order valence-corrected chi connectivity index (χ0v) is 8.22. The maximum absolute atomic E-state index is 10.7. The van der Waals surface area contributed by atoms with Gasteiger partial charge in [0, 0.05) is 0 Å². The van der Waals surface area contributed by atoms with Gasteiger partial charge in [-0.2, -0.15) is 26.9 Å². The van der Waals surface area contributed by atoms with Crippen LogP contribution >= 0.6 is 0 Å². The lowest BCUT2D eigenvalue weighted by molar-refractivity contribution is -0.0510. The second-order valence-electron chi connectivity index (χ2n) is 2.32. The molecular weight excluding hydrogens is 225 g/mol. The first-order valence-electron chi connectivity index (χ1n) is 3.07. The van der Waals surface area contributed by atoms with Gasteiger partial charge >= 0.3 is 15.6 Å². The lowest BCUT2D eigenvalue weighted by Crippen LogP contribution is -2.21. The van der Waals surface area contributed by atoms with Crippen LogP contribution in [0.4, 0.5) is 13.2 Å². The summed E-state index contributed by atoms with van der Waals surface area (Å²) in [6.07, 6.45) is 0. The molecule has 0 aromatic heterocycles. The van der Waals surface area contributed by atoms with Crippen LogP contribution in [0.25, 0.3) is 0 Å². The molecule has 0 amide bonds. The molecule has 0 atom stereocenters. The SMILES string of the molecule is CN(C)CC#N.O=S(=O)(O)C(F)(F)F. The number of rotatable bonds is 1. The normalized spacial score (nSPS) is 11.6. The number of nitrogens with zero attached hydrogens (tertiary/aromatic N) is 2. The summed E-state index contributed by atoms with van der Waals surface area (Å²) < 4.78 is 57.5. The van der Waals surface area contributed by atoms with Gasteiger partial charge in [-0.1, -0.05) is 0 Å². The average molecular weight is 234 g/mol. The molecule has 1 N–H and O–H groups in total. The molecule has 84 valence electrons. The van der Waals surface area contributed by atoms with Gasteiger partial charge < -0.3 is 0 Å². The predicted octanol–water partition coefficient (Wildman–Crippen LogP) is 0.466. The van der Waals surface area contributed by atoms with E-state index in [4.69, 9.17) is 18.2 Å². The van der Waals surface area contributed by atoms with Gasteiger partial charge in [0.2, 0.25) is 0 Å². The monoisotopic (exact) mass is 234 g/mol. The Hall–Kier alpha value is -0.850. The minimum atomic E-state index is -5.84. The Balaban J connectivity index is 0. The van der Waals surface area contributed by atoms with Crippen molar-refractivity contribution in [2.75, 3.05) is 20.6 Å². The van der Waals surface area contributed by atoms with Crippen molar-refractivity contribution in [2.45, 2.75) is 5.51 Å². The van der Waals surface area contributed by atoms with E-state index < -0.39 is 15.6 Å². The van der Waals surface area contributed by atoms with E-state index in [1.807, 2.05) is 25.1 Å². The third-order valence-electron chi connectivity index (χ3n) is 0.679. The first kappa shape index (κ1) is 15.6. The highest BCUT2D eigenvalue weighted by molar-refractivity contribution is 7.86. The Morgan fingerprint density at radius 3 is 1.71 bits per heavy atom. The number of hydrogen-bond donors (Lipinski definition) is 1. The molecule has 0 radical (unpaired) electrons. The second kappa shape index (κ2) is 5.79. The van der Waals surface area contributed by atoms with Crippen LogP contribution < -0.4 is 0 Å². The first-order valence-corrected chi connectivity index (χ1v) is 4.51. The van der Waals surface area contributed by atoms with Crippen molar-refractivity contribution in [3.63, 3.8) is 0 Å². The van der Waals surface area contributed by atoms with Crippen LogP contribution in [0.1, 0.15) is 0 Å². The summed E-state index contributed by atoms with van der Waals surface area (Å²) in [5.74, 6) is 0. The Kier molecular flexibility index (Phi) is 6.46. The Morgan fingerprint density at radius 1 is 1.43 bits per heavy atom. The fourth-order valence-electron chi connectivity index (χ4n) is 0.141. The fourth-order valence-corrected chi connectivity index (χ4v) is 0.141. The molecule has 0 aromatic carbocycles. The van der Waals surface area contributed by atoms with Crippen LogP contribution in [0.2, 0.25) is 0 Å². The highest BCUT2D eigenvalue weighted by Crippen LogP contribution is 2.20. The van der Waals surface area contributed by atoms with E-state index >= 15 is 0 Å². The van der Waals surface area contributed by atoms with Gasteiger partial charge in [0.05, 0.1) is 12.6 Å². The van der Waals surface area contributed by atoms with Crippen molar-refractivity contribution in [3.8, 4) is 6.07 Å². The van der Waals surface area contributed by atoms with Gasteiger partial charge in [0.15, 0.2) is 0 Å². The maximum atomic E-state index is 10.7. The van der Waals surface area contributed by atoms with E-state index in [0.717, 1.165) is 0 Å². The van der Waals surface area contributed by atoms with Crippen LogP contribution in [0.5, 0.6) is 0 Å². The van der Waals surface area contributed by atoms with E-state index in [0.29, 0.717) is 6.54 Å². The topological polar surface area (TPSA) is 81.4 Å². The van der Waals surface area contributed by atoms with Crippen molar-refractivity contribution in [1.29, 1.82) is 5.26 Å². The summed E-state index contributed by atoms with van der Waals surface area (Å²) in [4.78, 5) is 1.82. The maximum Gasteiger partial charge on any atom is 0.522 e. The molecule has 9 heteroatoms. The number of halogens is 3. The smallest absolute Gasteiger partial charge is 0.297 e. The third-order valence-corrected chi connectivity index (χ3v) is 1.26. The van der Waals surface area contributed by atoms with Gasteiger partial charge in [-0.15, -0.1) is 0 Å². The second-order valence-corrected chi connectivity index (χ2v) is 3.73. The number of nitriles is 1. The molecule has 14 heavy (non-hydrogen) atoms. The minimum absolute atomic E-state index is 0.514. The molecule has 0 saturated carbocycles. The Morgan fingerprint density at radius 2 is 1.71 bits per heavy atom. The summed E-state index contributed by atoms with van der Waals surface area (Å²) in [6, 6.07) is 1.99. The molecule has 0 bridgehead atoms. The fraction of sp³-hybridized carbons (Fsp3) is 0.800. The zero-order chi connectivity index (χ0) is 12.0. The third kappa shape index (κ3) is 9.24. The molecule has 0 heterocycles. The minimum Gasteiger partial charge on any atom is -0.297 e. The Labute approximate surface area is 79.5 Å². The van der Waals surface area contributed by atoms with Crippen LogP contribution in [-0.4, -0.2) is 44.0 Å². The van der Waals surface area contributed by atoms with Gasteiger partial charge in [0.25, 0.3) is 0 Å². The molecule has 0 unspecified atom stereocenters. The summed E-state index contributed by atoms with van der Waals surface area (Å²) in [5, 5.41) is 7.94. The van der Waals surface area contributed by atoms with E-state index in [-0.39, 0.29) is 0 Å². The van der Waals surface area contributed by atoms with Crippen LogP contribution in [0.15, 0.2) is 0 Å². The summed E-state index contributed by atoms with van der Waals surface area (Å²) in [6.45, 7) is 0.514. The quantitative estimate of drug-likeness (QED) is 0.405. The molecule has 0 aliphatic carbocycles. The standard InChI is InChI=1S/C4H8N2.CHF3O3S/c1-6(2)4-3-5;2-1(3,4)8(5,6)7/h4H2,1-2H3;(H,5,6,7). The van der Waals surface area contributed by atoms with Gasteiger partial charge in [-0.25, -0.2) is 0 Å². The van der Waals surface area contributed by atoms with Crippen LogP contribution in [0, 0.1) is 11.3 Å². The van der Waals surface area contributed by atoms with Crippen molar-refractivity contribution in [2.24, 2.45) is 0 Å². The molecule has 0 aromatic rings. The van der Waals surface area contributed by atoms with Crippen molar-refractivity contribution < 1.29 is 26.1 Å². The van der Waals surface area contributed by atoms with Crippen molar-refractivity contribution in [1.82, 2.24) is 4.90 Å². The number of alkyl halides is 3. The summed E-state index contributed by atoms with van der Waals surface area (Å²) in [5.41, 5.74) is -5.53. The van der Waals surface area contributed by atoms with Crippen molar-refractivity contribution in [3.05, 3.63) is 0 Å². The molecule has 0 aliphatic rings. The molecule has 0 aliphatic heterocycles. The van der Waals surface area contributed by atoms with Crippen molar-refractivity contribution >= 4 is 10.1 Å². The molecule has 0 spiro atoms. The van der Waals surface area contributed by atoms with E-state index in [9.17, 15) is 13.2 Å². The molecule has 0 saturated heterocycles. The highest BCUT2D eigenvalue weighted by atomic mass is 32.2. The first-order chi connectivity index (χ1) is 6.02. The molecule has 0 fully saturated rings. The highest BCUT2D eigenvalue weighted by Gasteiger charge is 2.44. The predicted molar refractivity (Wildman–Crippen MR) is 41.8 cm³/mol. The molecule has 0 rings (SSSR count). The number of hydrogen-bond acceptors (Lipinski definition) is 4. The van der Waals surface area contributed by atoms with E-state index in [2.05, 4.69) is 0 Å².